The first-order valence-corrected chi connectivity index (χ1v) is 10.8. The van der Waals surface area contributed by atoms with E-state index in [0.717, 1.165) is 56.4 Å². The molecule has 0 N–H and O–H groups in total. The highest BCUT2D eigenvalue weighted by atomic mass is 35.5. The number of hydrogen-bond donors (Lipinski definition) is 0. The molecule has 0 spiro atoms. The highest BCUT2D eigenvalue weighted by molar-refractivity contribution is 6.57. The van der Waals surface area contributed by atoms with E-state index >= 15 is 0 Å². The normalized spacial score (nSPS) is 12.8. The van der Waals surface area contributed by atoms with E-state index < -0.39 is 10.3 Å². The van der Waals surface area contributed by atoms with Crippen LogP contribution in [0.3, 0.4) is 0 Å². The molecule has 0 radical (unpaired) electrons. The first-order valence-electron chi connectivity index (χ1n) is 9.70. The number of carbonyl (C=O) groups excluding carboxylic acids is 1. The van der Waals surface area contributed by atoms with Crippen molar-refractivity contribution in [3.63, 3.8) is 0 Å². The predicted octanol–water partition coefficient (Wildman–Crippen LogP) is 6.34. The predicted molar refractivity (Wildman–Crippen MR) is 115 cm³/mol. The van der Waals surface area contributed by atoms with Crippen molar-refractivity contribution in [3.8, 4) is 0 Å². The third-order valence-corrected chi connectivity index (χ3v) is 5.52. The molecule has 0 aliphatic rings. The quantitative estimate of drug-likeness (QED) is 0.134. The molecule has 0 aliphatic heterocycles. The number of halogens is 3. The lowest BCUT2D eigenvalue weighted by Gasteiger charge is -2.18. The van der Waals surface area contributed by atoms with E-state index in [9.17, 15) is 4.79 Å². The monoisotopic (exact) mass is 452 g/mol. The van der Waals surface area contributed by atoms with Gasteiger partial charge in [0.05, 0.1) is 13.2 Å². The van der Waals surface area contributed by atoms with Crippen molar-refractivity contribution in [2.75, 3.05) is 21.0 Å². The number of unbranched alkanes of at least 4 members (excludes halogenated alkanes) is 3. The van der Waals surface area contributed by atoms with Crippen LogP contribution in [0.1, 0.15) is 56.9 Å². The summed E-state index contributed by atoms with van der Waals surface area (Å²) in [7, 11) is 2.91. The summed E-state index contributed by atoms with van der Waals surface area (Å²) in [6.45, 7) is 0.302. The number of carbonyl (C=O) groups is 1. The lowest BCUT2D eigenvalue weighted by atomic mass is 10.0. The standard InChI is InChI=1S/C21H31Cl3O4/c1-26-16-28-19(9-4-3-7-15-21(23,24)20(25)27-2)10-6-5-8-17-11-13-18(22)14-12-17/h11-14,19H,3-10,15-16H2,1-2H3. The van der Waals surface area contributed by atoms with Crippen LogP contribution in [-0.4, -0.2) is 37.4 Å². The first-order chi connectivity index (χ1) is 13.4. The van der Waals surface area contributed by atoms with Gasteiger partial charge in [0.1, 0.15) is 6.79 Å². The molecule has 28 heavy (non-hydrogen) atoms. The lowest BCUT2D eigenvalue weighted by molar-refractivity contribution is -0.141. The van der Waals surface area contributed by atoms with Gasteiger partial charge in [-0.25, -0.2) is 4.79 Å². The highest BCUT2D eigenvalue weighted by Gasteiger charge is 2.34. The fourth-order valence-corrected chi connectivity index (χ4v) is 3.52. The van der Waals surface area contributed by atoms with Gasteiger partial charge < -0.3 is 14.2 Å². The van der Waals surface area contributed by atoms with E-state index in [4.69, 9.17) is 44.3 Å². The molecule has 160 valence electrons. The Morgan fingerprint density at radius 1 is 1.00 bits per heavy atom. The zero-order chi connectivity index (χ0) is 20.8. The molecule has 1 unspecified atom stereocenters. The molecule has 0 heterocycles. The minimum atomic E-state index is -1.46. The van der Waals surface area contributed by atoms with E-state index in [1.165, 1.54) is 12.7 Å². The Bertz CT molecular complexity index is 549. The van der Waals surface area contributed by atoms with E-state index in [-0.39, 0.29) is 6.10 Å². The molecular weight excluding hydrogens is 423 g/mol. The Morgan fingerprint density at radius 3 is 2.25 bits per heavy atom. The molecule has 0 saturated heterocycles. The minimum absolute atomic E-state index is 0.169. The summed E-state index contributed by atoms with van der Waals surface area (Å²) in [5, 5.41) is 0.768. The smallest absolute Gasteiger partial charge is 0.342 e. The molecule has 0 fully saturated rings. The van der Waals surface area contributed by atoms with Gasteiger partial charge in [0.15, 0.2) is 0 Å². The topological polar surface area (TPSA) is 44.8 Å². The Balaban J connectivity index is 2.24. The second kappa shape index (κ2) is 14.5. The van der Waals surface area contributed by atoms with Crippen molar-refractivity contribution in [1.82, 2.24) is 0 Å². The highest BCUT2D eigenvalue weighted by Crippen LogP contribution is 2.29. The fraction of sp³-hybridized carbons (Fsp3) is 0.667. The SMILES string of the molecule is COCOC(CCCCCC(Cl)(Cl)C(=O)OC)CCCCc1ccc(Cl)cc1. The summed E-state index contributed by atoms with van der Waals surface area (Å²) in [5.41, 5.74) is 1.30. The number of hydrogen-bond acceptors (Lipinski definition) is 4. The summed E-state index contributed by atoms with van der Waals surface area (Å²) in [5.74, 6) is -0.599. The van der Waals surface area contributed by atoms with Crippen LogP contribution < -0.4 is 0 Å². The van der Waals surface area contributed by atoms with Crippen LogP contribution in [0.15, 0.2) is 24.3 Å². The zero-order valence-corrected chi connectivity index (χ0v) is 19.0. The molecule has 0 aromatic heterocycles. The van der Waals surface area contributed by atoms with Crippen LogP contribution >= 0.6 is 34.8 Å². The largest absolute Gasteiger partial charge is 0.467 e. The zero-order valence-electron chi connectivity index (χ0n) is 16.7. The molecule has 4 nitrogen and oxygen atoms in total. The van der Waals surface area contributed by atoms with Gasteiger partial charge in [-0.15, -0.1) is 0 Å². The maximum absolute atomic E-state index is 11.5. The van der Waals surface area contributed by atoms with E-state index in [1.54, 1.807) is 7.11 Å². The van der Waals surface area contributed by atoms with Crippen LogP contribution in [0.25, 0.3) is 0 Å². The van der Waals surface area contributed by atoms with E-state index in [1.807, 2.05) is 12.1 Å². The molecular formula is C21H31Cl3O4. The number of methoxy groups -OCH3 is 2. The van der Waals surface area contributed by atoms with E-state index in [0.29, 0.717) is 13.2 Å². The van der Waals surface area contributed by atoms with Crippen molar-refractivity contribution in [1.29, 1.82) is 0 Å². The van der Waals surface area contributed by atoms with Gasteiger partial charge in [0, 0.05) is 12.1 Å². The third kappa shape index (κ3) is 10.9. The fourth-order valence-electron chi connectivity index (χ4n) is 2.97. The molecule has 0 amide bonds. The van der Waals surface area contributed by atoms with Crippen LogP contribution in [0.2, 0.25) is 5.02 Å². The van der Waals surface area contributed by atoms with Gasteiger partial charge in [-0.1, -0.05) is 66.2 Å². The van der Waals surface area contributed by atoms with Crippen LogP contribution in [0.5, 0.6) is 0 Å². The van der Waals surface area contributed by atoms with Crippen molar-refractivity contribution < 1.29 is 19.0 Å². The number of rotatable bonds is 15. The second-order valence-electron chi connectivity index (χ2n) is 6.86. The van der Waals surface area contributed by atoms with Gasteiger partial charge in [-0.3, -0.25) is 0 Å². The summed E-state index contributed by atoms with van der Waals surface area (Å²) in [4.78, 5) is 11.5. The van der Waals surface area contributed by atoms with Crippen molar-refractivity contribution >= 4 is 40.8 Å². The third-order valence-electron chi connectivity index (χ3n) is 4.58. The van der Waals surface area contributed by atoms with Crippen molar-refractivity contribution in [2.45, 2.75) is 68.2 Å². The van der Waals surface area contributed by atoms with Crippen LogP contribution in [-0.2, 0) is 25.4 Å². The molecule has 0 saturated carbocycles. The number of benzene rings is 1. The molecule has 1 rings (SSSR count). The number of esters is 1. The molecule has 0 bridgehead atoms. The molecule has 1 atom stereocenters. The summed E-state index contributed by atoms with van der Waals surface area (Å²) in [6.07, 6.45) is 8.39. The van der Waals surface area contributed by atoms with Crippen molar-refractivity contribution in [3.05, 3.63) is 34.9 Å². The molecule has 0 aliphatic carbocycles. The average molecular weight is 454 g/mol. The second-order valence-corrected chi connectivity index (χ2v) is 8.78. The summed E-state index contributed by atoms with van der Waals surface area (Å²) in [6, 6.07) is 8.00. The van der Waals surface area contributed by atoms with Gasteiger partial charge in [0.25, 0.3) is 0 Å². The minimum Gasteiger partial charge on any atom is -0.467 e. The maximum Gasteiger partial charge on any atom is 0.342 e. The molecule has 1 aromatic carbocycles. The average Bonchev–Trinajstić information content (AvgIpc) is 2.68. The Labute approximate surface area is 183 Å². The maximum atomic E-state index is 11.5. The summed E-state index contributed by atoms with van der Waals surface area (Å²) < 4.78 is 14.0. The van der Waals surface area contributed by atoms with Crippen LogP contribution in [0.4, 0.5) is 0 Å². The van der Waals surface area contributed by atoms with Gasteiger partial charge in [-0.2, -0.15) is 0 Å². The number of aryl methyl sites for hydroxylation is 1. The first kappa shape index (κ1) is 25.5. The van der Waals surface area contributed by atoms with Gasteiger partial charge in [0.2, 0.25) is 4.33 Å². The van der Waals surface area contributed by atoms with Crippen LogP contribution in [0, 0.1) is 0 Å². The Morgan fingerprint density at radius 2 is 1.64 bits per heavy atom. The molecule has 7 heteroatoms. The number of ether oxygens (including phenoxy) is 3. The summed E-state index contributed by atoms with van der Waals surface area (Å²) >= 11 is 17.9. The number of alkyl halides is 2. The Hall–Kier alpha value is -0.520. The Kier molecular flexibility index (Phi) is 13.2. The van der Waals surface area contributed by atoms with Gasteiger partial charge in [-0.05, 0) is 56.2 Å². The molecule has 1 aromatic rings. The lowest BCUT2D eigenvalue weighted by Crippen LogP contribution is -2.27. The van der Waals surface area contributed by atoms with Crippen molar-refractivity contribution in [2.24, 2.45) is 0 Å². The van der Waals surface area contributed by atoms with E-state index in [2.05, 4.69) is 16.9 Å². The van der Waals surface area contributed by atoms with Gasteiger partial charge >= 0.3 is 5.97 Å².